The number of halogens is 1. The zero-order chi connectivity index (χ0) is 21.4. The van der Waals surface area contributed by atoms with E-state index in [-0.39, 0.29) is 5.88 Å². The van der Waals surface area contributed by atoms with Crippen LogP contribution in [0.4, 0.5) is 9.52 Å². The van der Waals surface area contributed by atoms with Crippen LogP contribution in [0.1, 0.15) is 0 Å². The molecule has 3 aromatic heterocycles. The van der Waals surface area contributed by atoms with Crippen LogP contribution in [0, 0.1) is 12.7 Å². The Kier molecular flexibility index (Phi) is 4.96. The summed E-state index contributed by atoms with van der Waals surface area (Å²) in [6.07, 6.45) is 0. The van der Waals surface area contributed by atoms with Crippen LogP contribution in [-0.2, 0) is 4.79 Å². The molecule has 11 heteroatoms. The van der Waals surface area contributed by atoms with Crippen molar-refractivity contribution in [2.45, 2.75) is 10.1 Å². The summed E-state index contributed by atoms with van der Waals surface area (Å²) < 4.78 is 21.5. The number of nitrogens with one attached hydrogen (secondary N) is 1. The van der Waals surface area contributed by atoms with Crippen LogP contribution in [0.5, 0.6) is 11.6 Å². The summed E-state index contributed by atoms with van der Waals surface area (Å²) in [5, 5.41) is 16.4. The van der Waals surface area contributed by atoms with Crippen LogP contribution < -0.4 is 10.1 Å². The van der Waals surface area contributed by atoms with Gasteiger partial charge in [0.15, 0.2) is 10.8 Å². The van der Waals surface area contributed by atoms with E-state index in [1.54, 1.807) is 28.8 Å². The van der Waals surface area contributed by atoms with Crippen molar-refractivity contribution in [2.75, 3.05) is 5.32 Å². The van der Waals surface area contributed by atoms with Gasteiger partial charge in [-0.25, -0.2) is 9.37 Å². The molecule has 1 N–H and O–H groups in total. The molecule has 0 unspecified atom stereocenters. The molecular weight excluding hydrogens is 439 g/mol. The molecule has 0 saturated heterocycles. The standard InChI is InChI=1S/C20H12FN6O2S2/c1-11(28)22-19-23-15-6-5-14(10-16(15)31-19)30-20-25-24-17-7-8-18(26-27(17)20)29-13-4-2-3-12(21)9-13/h2-10H,1H2,(H,22,23,28). The number of fused-ring (bicyclic) bond motifs is 2. The minimum atomic E-state index is -0.411. The van der Waals surface area contributed by atoms with E-state index in [1.165, 1.54) is 35.2 Å². The Bertz CT molecular complexity index is 1430. The minimum absolute atomic E-state index is 0.284. The molecule has 2 aromatic carbocycles. The maximum Gasteiger partial charge on any atom is 0.237 e. The molecule has 0 bridgehead atoms. The van der Waals surface area contributed by atoms with Crippen molar-refractivity contribution >= 4 is 50.0 Å². The Balaban J connectivity index is 1.42. The third-order valence-corrected chi connectivity index (χ3v) is 5.90. The SMILES string of the molecule is [CH2]C(=O)Nc1nc2ccc(Sc3nnc4ccc(Oc5cccc(F)c5)nn34)cc2s1. The number of aromatic nitrogens is 5. The van der Waals surface area contributed by atoms with Gasteiger partial charge in [0.1, 0.15) is 11.6 Å². The predicted molar refractivity (Wildman–Crippen MR) is 115 cm³/mol. The molecule has 153 valence electrons. The lowest BCUT2D eigenvalue weighted by Gasteiger charge is -2.05. The van der Waals surface area contributed by atoms with E-state index < -0.39 is 11.7 Å². The lowest BCUT2D eigenvalue weighted by Crippen LogP contribution is -2.05. The van der Waals surface area contributed by atoms with Crippen molar-refractivity contribution in [3.63, 3.8) is 0 Å². The van der Waals surface area contributed by atoms with Gasteiger partial charge < -0.3 is 10.1 Å². The lowest BCUT2D eigenvalue weighted by molar-refractivity contribution is -0.112. The van der Waals surface area contributed by atoms with E-state index in [1.807, 2.05) is 18.2 Å². The van der Waals surface area contributed by atoms with Crippen molar-refractivity contribution in [2.24, 2.45) is 0 Å². The van der Waals surface area contributed by atoms with Gasteiger partial charge in [-0.1, -0.05) is 17.4 Å². The molecule has 0 saturated carbocycles. The van der Waals surface area contributed by atoms with Crippen molar-refractivity contribution < 1.29 is 13.9 Å². The molecule has 0 aliphatic heterocycles. The summed E-state index contributed by atoms with van der Waals surface area (Å²) in [6, 6.07) is 14.9. The molecule has 0 atom stereocenters. The van der Waals surface area contributed by atoms with E-state index in [9.17, 15) is 9.18 Å². The lowest BCUT2D eigenvalue weighted by atomic mass is 10.3. The topological polar surface area (TPSA) is 94.3 Å². The molecule has 5 aromatic rings. The number of benzene rings is 2. The number of carbonyl (C=O) groups is 1. The monoisotopic (exact) mass is 451 g/mol. The highest BCUT2D eigenvalue weighted by atomic mass is 32.2. The van der Waals surface area contributed by atoms with Crippen LogP contribution in [0.2, 0.25) is 0 Å². The van der Waals surface area contributed by atoms with Crippen molar-refractivity contribution in [1.82, 2.24) is 24.8 Å². The molecular formula is C20H12FN6O2S2. The number of hydrogen-bond acceptors (Lipinski definition) is 8. The van der Waals surface area contributed by atoms with Gasteiger partial charge in [0.2, 0.25) is 16.9 Å². The molecule has 0 aliphatic rings. The summed E-state index contributed by atoms with van der Waals surface area (Å²) in [4.78, 5) is 16.4. The fourth-order valence-electron chi connectivity index (χ4n) is 2.77. The van der Waals surface area contributed by atoms with Crippen LogP contribution >= 0.6 is 23.1 Å². The third-order valence-electron chi connectivity index (χ3n) is 4.04. The van der Waals surface area contributed by atoms with E-state index in [4.69, 9.17) is 4.74 Å². The first-order valence-electron chi connectivity index (χ1n) is 8.91. The number of carbonyl (C=O) groups excluding carboxylic acids is 1. The largest absolute Gasteiger partial charge is 0.437 e. The minimum Gasteiger partial charge on any atom is -0.437 e. The summed E-state index contributed by atoms with van der Waals surface area (Å²) in [5.74, 6) is -0.178. The molecule has 8 nitrogen and oxygen atoms in total. The maximum atomic E-state index is 13.4. The number of ether oxygens (including phenoxy) is 1. The predicted octanol–water partition coefficient (Wildman–Crippen LogP) is 4.59. The van der Waals surface area contributed by atoms with Crippen LogP contribution in [0.15, 0.2) is 64.6 Å². The third kappa shape index (κ3) is 4.18. The summed E-state index contributed by atoms with van der Waals surface area (Å²) in [5.41, 5.74) is 1.32. The molecule has 0 spiro atoms. The second kappa shape index (κ2) is 7.93. The number of anilines is 1. The summed E-state index contributed by atoms with van der Waals surface area (Å²) in [6.45, 7) is 3.30. The number of amides is 1. The highest BCUT2D eigenvalue weighted by Gasteiger charge is 2.12. The van der Waals surface area contributed by atoms with Crippen molar-refractivity contribution in [1.29, 1.82) is 0 Å². The fraction of sp³-hybridized carbons (Fsp3) is 0. The highest BCUT2D eigenvalue weighted by molar-refractivity contribution is 7.99. The van der Waals surface area contributed by atoms with Gasteiger partial charge in [0, 0.05) is 24.0 Å². The molecule has 0 aliphatic carbocycles. The first kappa shape index (κ1) is 19.4. The van der Waals surface area contributed by atoms with Crippen molar-refractivity contribution in [3.8, 4) is 11.6 Å². The van der Waals surface area contributed by atoms with Gasteiger partial charge in [-0.3, -0.25) is 4.79 Å². The Hall–Kier alpha value is -3.57. The van der Waals surface area contributed by atoms with Crippen molar-refractivity contribution in [3.05, 3.63) is 67.3 Å². The zero-order valence-electron chi connectivity index (χ0n) is 15.7. The molecule has 5 rings (SSSR count). The second-order valence-corrected chi connectivity index (χ2v) is 8.35. The number of hydrogen-bond donors (Lipinski definition) is 1. The first-order valence-corrected chi connectivity index (χ1v) is 10.5. The molecule has 1 radical (unpaired) electrons. The Morgan fingerprint density at radius 1 is 1.16 bits per heavy atom. The Labute approximate surface area is 183 Å². The van der Waals surface area contributed by atoms with Gasteiger partial charge >= 0.3 is 0 Å². The van der Waals surface area contributed by atoms with E-state index >= 15 is 0 Å². The van der Waals surface area contributed by atoms with E-state index in [0.717, 1.165) is 15.1 Å². The number of nitrogens with zero attached hydrogens (tertiary/aromatic N) is 5. The maximum absolute atomic E-state index is 13.4. The van der Waals surface area contributed by atoms with E-state index in [0.29, 0.717) is 21.7 Å². The number of thiazole rings is 1. The molecule has 0 fully saturated rings. The molecule has 3 heterocycles. The summed E-state index contributed by atoms with van der Waals surface area (Å²) >= 11 is 2.73. The van der Waals surface area contributed by atoms with Gasteiger partial charge in [-0.2, -0.15) is 4.52 Å². The zero-order valence-corrected chi connectivity index (χ0v) is 17.3. The summed E-state index contributed by atoms with van der Waals surface area (Å²) in [7, 11) is 0. The van der Waals surface area contributed by atoms with Crippen LogP contribution in [0.25, 0.3) is 15.9 Å². The quantitative estimate of drug-likeness (QED) is 0.418. The molecule has 1 amide bonds. The van der Waals surface area contributed by atoms with Gasteiger partial charge in [0.25, 0.3) is 0 Å². The number of rotatable bonds is 5. The fourth-order valence-corrected chi connectivity index (χ4v) is 4.59. The van der Waals surface area contributed by atoms with Crippen LogP contribution in [-0.4, -0.2) is 30.7 Å². The van der Waals surface area contributed by atoms with Gasteiger partial charge in [-0.15, -0.1) is 15.3 Å². The Morgan fingerprint density at radius 3 is 2.90 bits per heavy atom. The second-order valence-electron chi connectivity index (χ2n) is 6.28. The van der Waals surface area contributed by atoms with Gasteiger partial charge in [0.05, 0.1) is 10.2 Å². The molecule has 31 heavy (non-hydrogen) atoms. The first-order chi connectivity index (χ1) is 15.0. The van der Waals surface area contributed by atoms with E-state index in [2.05, 4.69) is 32.5 Å². The van der Waals surface area contributed by atoms with Crippen LogP contribution in [0.3, 0.4) is 0 Å². The Morgan fingerprint density at radius 2 is 2.06 bits per heavy atom. The highest BCUT2D eigenvalue weighted by Crippen LogP contribution is 2.33. The normalized spacial score (nSPS) is 11.2. The smallest absolute Gasteiger partial charge is 0.237 e. The average Bonchev–Trinajstić information content (AvgIpc) is 3.30. The average molecular weight is 451 g/mol. The van der Waals surface area contributed by atoms with Gasteiger partial charge in [-0.05, 0) is 48.2 Å².